The van der Waals surface area contributed by atoms with Crippen LogP contribution < -0.4 is 0 Å². The van der Waals surface area contributed by atoms with Crippen LogP contribution in [0.4, 0.5) is 0 Å². The van der Waals surface area contributed by atoms with Crippen molar-refractivity contribution in [3.8, 4) is 0 Å². The van der Waals surface area contributed by atoms with Crippen LogP contribution in [-0.4, -0.2) is 0 Å². The molecule has 74 valence electrons. The van der Waals surface area contributed by atoms with E-state index in [1.807, 2.05) is 0 Å². The van der Waals surface area contributed by atoms with E-state index < -0.39 is 0 Å². The summed E-state index contributed by atoms with van der Waals surface area (Å²) in [6.07, 6.45) is 17.3. The predicted molar refractivity (Wildman–Crippen MR) is 59.8 cm³/mol. The first-order valence-corrected chi connectivity index (χ1v) is 5.70. The van der Waals surface area contributed by atoms with E-state index in [2.05, 4.69) is 38.2 Å². The van der Waals surface area contributed by atoms with Crippen LogP contribution in [0.2, 0.25) is 0 Å². The molecule has 0 bridgehead atoms. The van der Waals surface area contributed by atoms with Crippen molar-refractivity contribution in [2.45, 2.75) is 52.4 Å². The maximum atomic E-state index is 2.40. The second-order valence-electron chi connectivity index (χ2n) is 4.16. The van der Waals surface area contributed by atoms with Crippen LogP contribution in [0.1, 0.15) is 52.4 Å². The molecule has 0 N–H and O–H groups in total. The fourth-order valence-electron chi connectivity index (χ4n) is 2.02. The minimum absolute atomic E-state index is 0.437. The van der Waals surface area contributed by atoms with Crippen LogP contribution in [0.15, 0.2) is 24.3 Å². The van der Waals surface area contributed by atoms with Gasteiger partial charge in [-0.2, -0.15) is 0 Å². The van der Waals surface area contributed by atoms with E-state index in [9.17, 15) is 0 Å². The van der Waals surface area contributed by atoms with Crippen molar-refractivity contribution < 1.29 is 0 Å². The molecule has 0 amide bonds. The molecule has 1 aliphatic carbocycles. The Morgan fingerprint density at radius 2 is 1.31 bits per heavy atom. The van der Waals surface area contributed by atoms with Gasteiger partial charge in [0.1, 0.15) is 0 Å². The molecule has 0 unspecified atom stereocenters. The zero-order valence-electron chi connectivity index (χ0n) is 9.05. The molecule has 1 aliphatic rings. The summed E-state index contributed by atoms with van der Waals surface area (Å²) in [5.41, 5.74) is 0.437. The summed E-state index contributed by atoms with van der Waals surface area (Å²) in [7, 11) is 0. The second-order valence-corrected chi connectivity index (χ2v) is 4.16. The lowest BCUT2D eigenvalue weighted by Gasteiger charge is -2.24. The van der Waals surface area contributed by atoms with Crippen LogP contribution in [0.25, 0.3) is 0 Å². The van der Waals surface area contributed by atoms with Crippen molar-refractivity contribution in [1.82, 2.24) is 0 Å². The van der Waals surface area contributed by atoms with Gasteiger partial charge in [-0.3, -0.25) is 0 Å². The first-order valence-electron chi connectivity index (χ1n) is 5.70. The van der Waals surface area contributed by atoms with E-state index in [0.29, 0.717) is 5.41 Å². The van der Waals surface area contributed by atoms with E-state index in [4.69, 9.17) is 0 Å². The zero-order valence-corrected chi connectivity index (χ0v) is 9.05. The van der Waals surface area contributed by atoms with Gasteiger partial charge >= 0.3 is 0 Å². The van der Waals surface area contributed by atoms with Gasteiger partial charge < -0.3 is 0 Å². The van der Waals surface area contributed by atoms with Gasteiger partial charge in [0.25, 0.3) is 0 Å². The normalized spacial score (nSPS) is 18.3. The third-order valence-electron chi connectivity index (χ3n) is 2.96. The molecule has 0 nitrogen and oxygen atoms in total. The average molecular weight is 178 g/mol. The lowest BCUT2D eigenvalue weighted by molar-refractivity contribution is 0.390. The molecule has 0 saturated carbocycles. The van der Waals surface area contributed by atoms with Gasteiger partial charge in [0, 0.05) is 5.41 Å². The second kappa shape index (κ2) is 5.26. The Hall–Kier alpha value is -0.520. The predicted octanol–water partition coefficient (Wildman–Crippen LogP) is 4.48. The Balaban J connectivity index is 2.44. The van der Waals surface area contributed by atoms with Crippen molar-refractivity contribution >= 4 is 0 Å². The highest BCUT2D eigenvalue weighted by Crippen LogP contribution is 2.37. The highest BCUT2D eigenvalue weighted by atomic mass is 14.3. The standard InChI is InChI=1S/C13H22/c1-3-5-9-13(10-6-4-2)11-7-8-12-13/h7-8,11-12H,3-6,9-10H2,1-2H3. The van der Waals surface area contributed by atoms with Crippen molar-refractivity contribution in [3.05, 3.63) is 24.3 Å². The topological polar surface area (TPSA) is 0 Å². The summed E-state index contributed by atoms with van der Waals surface area (Å²) in [6, 6.07) is 0. The van der Waals surface area contributed by atoms with Crippen molar-refractivity contribution in [3.63, 3.8) is 0 Å². The van der Waals surface area contributed by atoms with Gasteiger partial charge in [-0.25, -0.2) is 0 Å². The van der Waals surface area contributed by atoms with Gasteiger partial charge in [-0.05, 0) is 12.8 Å². The molecular weight excluding hydrogens is 156 g/mol. The largest absolute Gasteiger partial charge is 0.0745 e. The highest BCUT2D eigenvalue weighted by Gasteiger charge is 2.24. The number of hydrogen-bond donors (Lipinski definition) is 0. The smallest absolute Gasteiger partial charge is 0.00671 e. The number of allylic oxidation sites excluding steroid dienone is 4. The molecule has 0 fully saturated rings. The van der Waals surface area contributed by atoms with E-state index in [-0.39, 0.29) is 0 Å². The van der Waals surface area contributed by atoms with Crippen LogP contribution in [-0.2, 0) is 0 Å². The average Bonchev–Trinajstić information content (AvgIpc) is 2.61. The third kappa shape index (κ3) is 3.02. The Kier molecular flexibility index (Phi) is 4.27. The van der Waals surface area contributed by atoms with Crippen LogP contribution >= 0.6 is 0 Å². The molecule has 1 rings (SSSR count). The van der Waals surface area contributed by atoms with E-state index in [1.165, 1.54) is 38.5 Å². The van der Waals surface area contributed by atoms with Crippen molar-refractivity contribution in [2.75, 3.05) is 0 Å². The molecule has 0 spiro atoms. The molecule has 13 heavy (non-hydrogen) atoms. The Labute approximate surface area is 82.7 Å². The molecule has 0 aromatic carbocycles. The minimum atomic E-state index is 0.437. The molecule has 0 saturated heterocycles. The molecule has 0 atom stereocenters. The Bertz CT molecular complexity index is 164. The quantitative estimate of drug-likeness (QED) is 0.562. The lowest BCUT2D eigenvalue weighted by atomic mass is 9.80. The molecule has 0 aromatic heterocycles. The summed E-state index contributed by atoms with van der Waals surface area (Å²) in [5.74, 6) is 0. The molecule has 0 aliphatic heterocycles. The van der Waals surface area contributed by atoms with Gasteiger partial charge in [-0.15, -0.1) is 0 Å². The molecular formula is C13H22. The SMILES string of the molecule is CCCCC1(CCCC)C=CC=C1. The first-order chi connectivity index (χ1) is 6.33. The number of unbranched alkanes of at least 4 members (excludes halogenated alkanes) is 2. The van der Waals surface area contributed by atoms with Crippen molar-refractivity contribution in [1.29, 1.82) is 0 Å². The maximum Gasteiger partial charge on any atom is 0.00671 e. The van der Waals surface area contributed by atoms with Gasteiger partial charge in [0.15, 0.2) is 0 Å². The summed E-state index contributed by atoms with van der Waals surface area (Å²) in [6.45, 7) is 4.55. The lowest BCUT2D eigenvalue weighted by Crippen LogP contribution is -2.12. The summed E-state index contributed by atoms with van der Waals surface area (Å²) in [4.78, 5) is 0. The fraction of sp³-hybridized carbons (Fsp3) is 0.692. The van der Waals surface area contributed by atoms with E-state index in [0.717, 1.165) is 0 Å². The Morgan fingerprint density at radius 3 is 1.69 bits per heavy atom. The highest BCUT2D eigenvalue weighted by molar-refractivity contribution is 5.24. The van der Waals surface area contributed by atoms with Gasteiger partial charge in [0.05, 0.1) is 0 Å². The van der Waals surface area contributed by atoms with Gasteiger partial charge in [-0.1, -0.05) is 63.8 Å². The first kappa shape index (κ1) is 10.6. The van der Waals surface area contributed by atoms with Crippen LogP contribution in [0.5, 0.6) is 0 Å². The van der Waals surface area contributed by atoms with Crippen LogP contribution in [0.3, 0.4) is 0 Å². The minimum Gasteiger partial charge on any atom is -0.0745 e. The van der Waals surface area contributed by atoms with E-state index in [1.54, 1.807) is 0 Å². The fourth-order valence-corrected chi connectivity index (χ4v) is 2.02. The molecule has 0 radical (unpaired) electrons. The van der Waals surface area contributed by atoms with Crippen molar-refractivity contribution in [2.24, 2.45) is 5.41 Å². The maximum absolute atomic E-state index is 2.40. The Morgan fingerprint density at radius 1 is 0.846 bits per heavy atom. The summed E-state index contributed by atoms with van der Waals surface area (Å²) >= 11 is 0. The summed E-state index contributed by atoms with van der Waals surface area (Å²) < 4.78 is 0. The number of rotatable bonds is 6. The third-order valence-corrected chi connectivity index (χ3v) is 2.96. The molecule has 0 heteroatoms. The van der Waals surface area contributed by atoms with Crippen LogP contribution in [0, 0.1) is 5.41 Å². The van der Waals surface area contributed by atoms with E-state index >= 15 is 0 Å². The zero-order chi connectivity index (χ0) is 9.57. The van der Waals surface area contributed by atoms with Gasteiger partial charge in [0.2, 0.25) is 0 Å². The molecule has 0 aromatic rings. The number of hydrogen-bond acceptors (Lipinski definition) is 0. The summed E-state index contributed by atoms with van der Waals surface area (Å²) in [5, 5.41) is 0. The molecule has 0 heterocycles. The monoisotopic (exact) mass is 178 g/mol.